The van der Waals surface area contributed by atoms with Crippen molar-refractivity contribution in [1.82, 2.24) is 5.32 Å². The lowest BCUT2D eigenvalue weighted by Crippen LogP contribution is -2.41. The molecule has 0 bridgehead atoms. The minimum atomic E-state index is -0.786. The smallest absolute Gasteiger partial charge is 0.123 e. The summed E-state index contributed by atoms with van der Waals surface area (Å²) >= 11 is 0. The Bertz CT molecular complexity index is 242. The molecule has 0 radical (unpaired) electrons. The van der Waals surface area contributed by atoms with Crippen molar-refractivity contribution in [3.8, 4) is 0 Å². The number of aliphatic hydroxyl groups is 1. The maximum atomic E-state index is 10.3. The van der Waals surface area contributed by atoms with Crippen LogP contribution in [0.15, 0.2) is 11.8 Å². The van der Waals surface area contributed by atoms with Crippen molar-refractivity contribution < 1.29 is 9.84 Å². The lowest BCUT2D eigenvalue weighted by Gasteiger charge is -2.31. The van der Waals surface area contributed by atoms with Crippen molar-refractivity contribution in [1.29, 1.82) is 0 Å². The molecule has 2 heterocycles. The minimum Gasteiger partial charge on any atom is -0.495 e. The van der Waals surface area contributed by atoms with Crippen LogP contribution in [-0.2, 0) is 4.74 Å². The Hall–Kier alpha value is -0.540. The third-order valence-corrected chi connectivity index (χ3v) is 3.29. The van der Waals surface area contributed by atoms with Gasteiger partial charge in [0, 0.05) is 12.5 Å². The Morgan fingerprint density at radius 1 is 1.60 bits per heavy atom. The van der Waals surface area contributed by atoms with Gasteiger partial charge in [-0.1, -0.05) is 6.42 Å². The second-order valence-electron chi connectivity index (χ2n) is 4.83. The SMILES string of the molecule is CC(O)(CC1CCCCN1)C1=CCCO1. The highest BCUT2D eigenvalue weighted by atomic mass is 16.5. The number of hydrogen-bond acceptors (Lipinski definition) is 3. The molecule has 2 unspecified atom stereocenters. The summed E-state index contributed by atoms with van der Waals surface area (Å²) in [5, 5.41) is 13.8. The predicted octanol–water partition coefficient (Wildman–Crippen LogP) is 1.57. The lowest BCUT2D eigenvalue weighted by atomic mass is 9.90. The molecule has 2 rings (SSSR count). The van der Waals surface area contributed by atoms with Gasteiger partial charge in [0.05, 0.1) is 6.61 Å². The van der Waals surface area contributed by atoms with Gasteiger partial charge in [-0.3, -0.25) is 0 Å². The van der Waals surface area contributed by atoms with Crippen LogP contribution < -0.4 is 5.32 Å². The summed E-state index contributed by atoms with van der Waals surface area (Å²) in [6.45, 7) is 3.67. The average molecular weight is 211 g/mol. The predicted molar refractivity (Wildman–Crippen MR) is 59.5 cm³/mol. The normalized spacial score (nSPS) is 30.5. The fraction of sp³-hybridized carbons (Fsp3) is 0.833. The Labute approximate surface area is 91.5 Å². The summed E-state index contributed by atoms with van der Waals surface area (Å²) in [6.07, 6.45) is 7.42. The number of hydrogen-bond donors (Lipinski definition) is 2. The van der Waals surface area contributed by atoms with Crippen molar-refractivity contribution in [2.75, 3.05) is 13.2 Å². The van der Waals surface area contributed by atoms with E-state index >= 15 is 0 Å². The molecule has 1 fully saturated rings. The summed E-state index contributed by atoms with van der Waals surface area (Å²) in [5.74, 6) is 0.773. The molecule has 86 valence electrons. The van der Waals surface area contributed by atoms with E-state index in [0.29, 0.717) is 6.04 Å². The van der Waals surface area contributed by atoms with Crippen molar-refractivity contribution in [2.24, 2.45) is 0 Å². The first-order valence-corrected chi connectivity index (χ1v) is 5.98. The molecular weight excluding hydrogens is 190 g/mol. The molecule has 0 aromatic heterocycles. The molecule has 0 amide bonds. The molecule has 3 heteroatoms. The van der Waals surface area contributed by atoms with E-state index < -0.39 is 5.60 Å². The molecule has 0 spiro atoms. The summed E-state index contributed by atoms with van der Waals surface area (Å²) in [6, 6.07) is 0.443. The number of rotatable bonds is 3. The molecule has 1 saturated heterocycles. The van der Waals surface area contributed by atoms with Gasteiger partial charge < -0.3 is 15.2 Å². The molecule has 0 aromatic rings. The zero-order valence-electron chi connectivity index (χ0n) is 9.46. The van der Waals surface area contributed by atoms with E-state index in [1.54, 1.807) is 0 Å². The third-order valence-electron chi connectivity index (χ3n) is 3.29. The van der Waals surface area contributed by atoms with Crippen LogP contribution in [0.3, 0.4) is 0 Å². The van der Waals surface area contributed by atoms with Crippen molar-refractivity contribution >= 4 is 0 Å². The highest BCUT2D eigenvalue weighted by Gasteiger charge is 2.32. The van der Waals surface area contributed by atoms with Crippen LogP contribution >= 0.6 is 0 Å². The maximum Gasteiger partial charge on any atom is 0.123 e. The van der Waals surface area contributed by atoms with Crippen LogP contribution in [0.5, 0.6) is 0 Å². The average Bonchev–Trinajstić information content (AvgIpc) is 2.71. The zero-order chi connectivity index (χ0) is 10.7. The third kappa shape index (κ3) is 2.73. The van der Waals surface area contributed by atoms with E-state index in [0.717, 1.165) is 31.8 Å². The van der Waals surface area contributed by atoms with Gasteiger partial charge >= 0.3 is 0 Å². The summed E-state index contributed by atoms with van der Waals surface area (Å²) in [5.41, 5.74) is -0.786. The minimum absolute atomic E-state index is 0.443. The van der Waals surface area contributed by atoms with Gasteiger partial charge in [0.15, 0.2) is 0 Å². The second-order valence-corrected chi connectivity index (χ2v) is 4.83. The Balaban J connectivity index is 1.90. The molecule has 2 N–H and O–H groups in total. The van der Waals surface area contributed by atoms with Crippen LogP contribution in [0.25, 0.3) is 0 Å². The molecule has 2 aliphatic rings. The van der Waals surface area contributed by atoms with Crippen molar-refractivity contribution in [3.63, 3.8) is 0 Å². The van der Waals surface area contributed by atoms with Crippen LogP contribution in [0.4, 0.5) is 0 Å². The van der Waals surface area contributed by atoms with Gasteiger partial charge in [-0.2, -0.15) is 0 Å². The zero-order valence-corrected chi connectivity index (χ0v) is 9.46. The van der Waals surface area contributed by atoms with E-state index in [9.17, 15) is 5.11 Å². The second kappa shape index (κ2) is 4.54. The largest absolute Gasteiger partial charge is 0.495 e. The van der Waals surface area contributed by atoms with Crippen molar-refractivity contribution in [3.05, 3.63) is 11.8 Å². The molecule has 0 aliphatic carbocycles. The molecule has 0 saturated carbocycles. The first-order valence-electron chi connectivity index (χ1n) is 5.98. The van der Waals surface area contributed by atoms with Crippen LogP contribution in [0, 0.1) is 0 Å². The van der Waals surface area contributed by atoms with Crippen molar-refractivity contribution in [2.45, 2.75) is 50.7 Å². The molecule has 2 atom stereocenters. The Morgan fingerprint density at radius 2 is 2.47 bits per heavy atom. The Morgan fingerprint density at radius 3 is 3.07 bits per heavy atom. The van der Waals surface area contributed by atoms with Gasteiger partial charge in [-0.25, -0.2) is 0 Å². The highest BCUT2D eigenvalue weighted by Crippen LogP contribution is 2.29. The van der Waals surface area contributed by atoms with Crippen LogP contribution in [0.1, 0.15) is 39.0 Å². The van der Waals surface area contributed by atoms with Crippen LogP contribution in [0.2, 0.25) is 0 Å². The quantitative estimate of drug-likeness (QED) is 0.744. The topological polar surface area (TPSA) is 41.5 Å². The van der Waals surface area contributed by atoms with E-state index in [-0.39, 0.29) is 0 Å². The van der Waals surface area contributed by atoms with E-state index in [1.165, 1.54) is 19.3 Å². The summed E-state index contributed by atoms with van der Waals surface area (Å²) in [7, 11) is 0. The first-order chi connectivity index (χ1) is 7.18. The van der Waals surface area contributed by atoms with E-state index in [1.807, 2.05) is 13.0 Å². The Kier molecular flexibility index (Phi) is 3.32. The molecule has 0 aromatic carbocycles. The number of nitrogens with one attached hydrogen (secondary N) is 1. The lowest BCUT2D eigenvalue weighted by molar-refractivity contribution is 0.0173. The standard InChI is InChI=1S/C12H21NO2/c1-12(14,11-6-4-8-15-11)9-10-5-2-3-7-13-10/h6,10,13-14H,2-5,7-9H2,1H3. The van der Waals surface area contributed by atoms with Gasteiger partial charge in [0.1, 0.15) is 11.4 Å². The van der Waals surface area contributed by atoms with Gasteiger partial charge in [0.2, 0.25) is 0 Å². The fourth-order valence-corrected chi connectivity index (χ4v) is 2.47. The maximum absolute atomic E-state index is 10.3. The number of ether oxygens (including phenoxy) is 1. The first kappa shape index (κ1) is 11.0. The number of piperidine rings is 1. The summed E-state index contributed by atoms with van der Waals surface area (Å²) in [4.78, 5) is 0. The molecule has 3 nitrogen and oxygen atoms in total. The highest BCUT2D eigenvalue weighted by molar-refractivity contribution is 5.12. The molecule has 2 aliphatic heterocycles. The van der Waals surface area contributed by atoms with Gasteiger partial charge in [0.25, 0.3) is 0 Å². The van der Waals surface area contributed by atoms with Gasteiger partial charge in [-0.05, 0) is 38.8 Å². The molecular formula is C12H21NO2. The molecule has 15 heavy (non-hydrogen) atoms. The summed E-state index contributed by atoms with van der Waals surface area (Å²) < 4.78 is 5.44. The van der Waals surface area contributed by atoms with Gasteiger partial charge in [-0.15, -0.1) is 0 Å². The van der Waals surface area contributed by atoms with Crippen LogP contribution in [-0.4, -0.2) is 29.9 Å². The van der Waals surface area contributed by atoms with E-state index in [2.05, 4.69) is 5.32 Å². The fourth-order valence-electron chi connectivity index (χ4n) is 2.47. The van der Waals surface area contributed by atoms with E-state index in [4.69, 9.17) is 4.74 Å². The monoisotopic (exact) mass is 211 g/mol.